The third-order valence-corrected chi connectivity index (χ3v) is 4.94. The predicted molar refractivity (Wildman–Crippen MR) is 119 cm³/mol. The number of benzene rings is 2. The standard InChI is InChI=1S/C22H20Cl2N2O5/c1-4-30-19-10-13(5-8-18(19)31-12(2)3)9-15-20(27)25-22(29)26(21(15)28)14-6-7-16(23)17(24)11-14/h5-12H,4H2,1-3H3,(H,25,27,29)/b15-9+. The number of urea groups is 1. The van der Waals surface area contributed by atoms with Crippen molar-refractivity contribution in [1.82, 2.24) is 5.32 Å². The average molecular weight is 463 g/mol. The molecule has 162 valence electrons. The fourth-order valence-corrected chi connectivity index (χ4v) is 3.21. The summed E-state index contributed by atoms with van der Waals surface area (Å²) in [5, 5.41) is 2.61. The van der Waals surface area contributed by atoms with Crippen molar-refractivity contribution in [3.8, 4) is 11.5 Å². The molecule has 4 amide bonds. The third kappa shape index (κ3) is 5.00. The Morgan fingerprint density at radius 1 is 1.03 bits per heavy atom. The lowest BCUT2D eigenvalue weighted by Gasteiger charge is -2.26. The van der Waals surface area contributed by atoms with Crippen LogP contribution in [0, 0.1) is 0 Å². The number of carbonyl (C=O) groups excluding carboxylic acids is 3. The fourth-order valence-electron chi connectivity index (χ4n) is 2.92. The third-order valence-electron chi connectivity index (χ3n) is 4.20. The lowest BCUT2D eigenvalue weighted by molar-refractivity contribution is -0.122. The molecule has 2 aromatic rings. The Balaban J connectivity index is 1.99. The van der Waals surface area contributed by atoms with Crippen molar-refractivity contribution in [3.63, 3.8) is 0 Å². The van der Waals surface area contributed by atoms with Crippen molar-refractivity contribution in [1.29, 1.82) is 0 Å². The van der Waals surface area contributed by atoms with E-state index in [1.807, 2.05) is 20.8 Å². The van der Waals surface area contributed by atoms with Gasteiger partial charge in [0, 0.05) is 0 Å². The second-order valence-electron chi connectivity index (χ2n) is 6.86. The van der Waals surface area contributed by atoms with Gasteiger partial charge in [-0.2, -0.15) is 0 Å². The first-order valence-electron chi connectivity index (χ1n) is 9.51. The Morgan fingerprint density at radius 2 is 1.77 bits per heavy atom. The number of nitrogens with one attached hydrogen (secondary N) is 1. The van der Waals surface area contributed by atoms with Crippen molar-refractivity contribution in [2.75, 3.05) is 11.5 Å². The topological polar surface area (TPSA) is 84.9 Å². The second-order valence-corrected chi connectivity index (χ2v) is 7.68. The summed E-state index contributed by atoms with van der Waals surface area (Å²) in [6.07, 6.45) is 1.33. The number of carbonyl (C=O) groups is 3. The lowest BCUT2D eigenvalue weighted by atomic mass is 10.1. The van der Waals surface area contributed by atoms with E-state index in [0.717, 1.165) is 4.90 Å². The van der Waals surface area contributed by atoms with Crippen LogP contribution in [0.3, 0.4) is 0 Å². The van der Waals surface area contributed by atoms with Gasteiger partial charge in [0.2, 0.25) is 0 Å². The fraction of sp³-hybridized carbons (Fsp3) is 0.227. The number of ether oxygens (including phenoxy) is 2. The zero-order chi connectivity index (χ0) is 22.7. The molecular formula is C22H20Cl2N2O5. The maximum absolute atomic E-state index is 13.0. The first-order valence-corrected chi connectivity index (χ1v) is 10.3. The van der Waals surface area contributed by atoms with E-state index in [2.05, 4.69) is 5.32 Å². The molecule has 1 heterocycles. The van der Waals surface area contributed by atoms with Crippen LogP contribution in [-0.2, 0) is 9.59 Å². The Hall–Kier alpha value is -3.03. The number of halogens is 2. The van der Waals surface area contributed by atoms with Gasteiger partial charge in [0.05, 0.1) is 28.4 Å². The molecule has 0 aromatic heterocycles. The van der Waals surface area contributed by atoms with Gasteiger partial charge in [0.15, 0.2) is 11.5 Å². The van der Waals surface area contributed by atoms with Crippen molar-refractivity contribution in [2.45, 2.75) is 26.9 Å². The maximum Gasteiger partial charge on any atom is 0.335 e. The number of nitrogens with zero attached hydrogens (tertiary/aromatic N) is 1. The van der Waals surface area contributed by atoms with Gasteiger partial charge in [0.1, 0.15) is 5.57 Å². The van der Waals surface area contributed by atoms with Crippen molar-refractivity contribution in [3.05, 3.63) is 57.6 Å². The van der Waals surface area contributed by atoms with Crippen LogP contribution in [0.4, 0.5) is 10.5 Å². The average Bonchev–Trinajstić information content (AvgIpc) is 2.69. The number of amides is 4. The smallest absolute Gasteiger partial charge is 0.335 e. The zero-order valence-corrected chi connectivity index (χ0v) is 18.6. The van der Waals surface area contributed by atoms with E-state index in [1.165, 1.54) is 24.3 Å². The van der Waals surface area contributed by atoms with E-state index in [4.69, 9.17) is 32.7 Å². The van der Waals surface area contributed by atoms with Gasteiger partial charge in [-0.1, -0.05) is 29.3 Å². The predicted octanol–water partition coefficient (Wildman–Crippen LogP) is 4.85. The summed E-state index contributed by atoms with van der Waals surface area (Å²) < 4.78 is 11.3. The molecule has 1 saturated heterocycles. The van der Waals surface area contributed by atoms with Crippen LogP contribution in [0.15, 0.2) is 42.0 Å². The molecule has 0 aliphatic carbocycles. The lowest BCUT2D eigenvalue weighted by Crippen LogP contribution is -2.54. The SMILES string of the molecule is CCOc1cc(/C=C2\C(=O)NC(=O)N(c3ccc(Cl)c(Cl)c3)C2=O)ccc1OC(C)C. The van der Waals surface area contributed by atoms with Gasteiger partial charge < -0.3 is 9.47 Å². The molecule has 7 nitrogen and oxygen atoms in total. The molecule has 1 N–H and O–H groups in total. The molecule has 1 fully saturated rings. The van der Waals surface area contributed by atoms with Crippen LogP contribution < -0.4 is 19.7 Å². The minimum Gasteiger partial charge on any atom is -0.490 e. The van der Waals surface area contributed by atoms with Crippen LogP contribution in [-0.4, -0.2) is 30.6 Å². The molecule has 0 unspecified atom stereocenters. The highest BCUT2D eigenvalue weighted by Gasteiger charge is 2.37. The first kappa shape index (κ1) is 22.7. The normalized spacial score (nSPS) is 15.5. The molecule has 0 saturated carbocycles. The van der Waals surface area contributed by atoms with E-state index in [0.29, 0.717) is 23.7 Å². The molecule has 9 heteroatoms. The summed E-state index contributed by atoms with van der Waals surface area (Å²) in [5.74, 6) is -0.558. The monoisotopic (exact) mass is 462 g/mol. The molecule has 0 atom stereocenters. The summed E-state index contributed by atoms with van der Waals surface area (Å²) in [7, 11) is 0. The summed E-state index contributed by atoms with van der Waals surface area (Å²) in [6.45, 7) is 6.03. The van der Waals surface area contributed by atoms with E-state index in [1.54, 1.807) is 18.2 Å². The van der Waals surface area contributed by atoms with E-state index in [9.17, 15) is 14.4 Å². The van der Waals surface area contributed by atoms with Gasteiger partial charge in [-0.25, -0.2) is 9.69 Å². The summed E-state index contributed by atoms with van der Waals surface area (Å²) >= 11 is 11.9. The molecule has 1 aliphatic rings. The van der Waals surface area contributed by atoms with Crippen molar-refractivity contribution < 1.29 is 23.9 Å². The molecule has 0 bridgehead atoms. The van der Waals surface area contributed by atoms with E-state index in [-0.39, 0.29) is 27.4 Å². The molecular weight excluding hydrogens is 443 g/mol. The summed E-state index contributed by atoms with van der Waals surface area (Å²) in [4.78, 5) is 38.6. The summed E-state index contributed by atoms with van der Waals surface area (Å²) in [5.41, 5.74) is 0.498. The first-order chi connectivity index (χ1) is 14.7. The number of imide groups is 2. The molecule has 1 aliphatic heterocycles. The Morgan fingerprint density at radius 3 is 2.42 bits per heavy atom. The van der Waals surface area contributed by atoms with Crippen LogP contribution in [0.2, 0.25) is 10.0 Å². The minimum atomic E-state index is -0.874. The highest BCUT2D eigenvalue weighted by Crippen LogP contribution is 2.32. The quantitative estimate of drug-likeness (QED) is 0.489. The highest BCUT2D eigenvalue weighted by molar-refractivity contribution is 6.43. The molecule has 2 aromatic carbocycles. The van der Waals surface area contributed by atoms with Crippen LogP contribution >= 0.6 is 23.2 Å². The van der Waals surface area contributed by atoms with Gasteiger partial charge in [-0.05, 0) is 62.7 Å². The molecule has 31 heavy (non-hydrogen) atoms. The van der Waals surface area contributed by atoms with Crippen molar-refractivity contribution >= 4 is 52.8 Å². The van der Waals surface area contributed by atoms with Gasteiger partial charge >= 0.3 is 6.03 Å². The minimum absolute atomic E-state index is 0.0557. The Kier molecular flexibility index (Phi) is 6.87. The van der Waals surface area contributed by atoms with E-state index >= 15 is 0 Å². The van der Waals surface area contributed by atoms with E-state index < -0.39 is 17.8 Å². The second kappa shape index (κ2) is 9.41. The van der Waals surface area contributed by atoms with Gasteiger partial charge in [-0.15, -0.1) is 0 Å². The number of hydrogen-bond donors (Lipinski definition) is 1. The van der Waals surface area contributed by atoms with Crippen LogP contribution in [0.25, 0.3) is 6.08 Å². The Labute approximate surface area is 189 Å². The number of anilines is 1. The number of barbiturate groups is 1. The molecule has 0 radical (unpaired) electrons. The highest BCUT2D eigenvalue weighted by atomic mass is 35.5. The molecule has 3 rings (SSSR count). The van der Waals surface area contributed by atoms with Crippen LogP contribution in [0.1, 0.15) is 26.3 Å². The molecule has 0 spiro atoms. The largest absolute Gasteiger partial charge is 0.490 e. The maximum atomic E-state index is 13.0. The summed E-state index contributed by atoms with van der Waals surface area (Å²) in [6, 6.07) is 8.47. The van der Waals surface area contributed by atoms with Crippen molar-refractivity contribution in [2.24, 2.45) is 0 Å². The number of hydrogen-bond acceptors (Lipinski definition) is 5. The van der Waals surface area contributed by atoms with Gasteiger partial charge in [-0.3, -0.25) is 14.9 Å². The Bertz CT molecular complexity index is 1080. The van der Waals surface area contributed by atoms with Crippen LogP contribution in [0.5, 0.6) is 11.5 Å². The van der Waals surface area contributed by atoms with Gasteiger partial charge in [0.25, 0.3) is 11.8 Å². The number of rotatable bonds is 6. The zero-order valence-electron chi connectivity index (χ0n) is 17.1.